The number of carboxylic acid groups (broad SMARTS) is 1. The van der Waals surface area contributed by atoms with Crippen LogP contribution in [0.4, 0.5) is 0 Å². The Kier molecular flexibility index (Phi) is 4.40. The molecule has 0 radical (unpaired) electrons. The summed E-state index contributed by atoms with van der Waals surface area (Å²) in [6, 6.07) is 0.858. The molecule has 4 nitrogen and oxygen atoms in total. The number of aliphatic carboxylic acids is 1. The third kappa shape index (κ3) is 3.42. The largest absolute Gasteiger partial charge is 0.481 e. The minimum atomic E-state index is -0.647. The van der Waals surface area contributed by atoms with Crippen LogP contribution in [0.1, 0.15) is 38.5 Å². The molecule has 2 aliphatic heterocycles. The Morgan fingerprint density at radius 1 is 1.24 bits per heavy atom. The maximum Gasteiger partial charge on any atom is 0.304 e. The topological polar surface area (TPSA) is 43.8 Å². The minimum absolute atomic E-state index is 0.276. The number of carbonyl (C=O) groups is 1. The Morgan fingerprint density at radius 3 is 2.76 bits per heavy atom. The van der Waals surface area contributed by atoms with E-state index >= 15 is 0 Å². The van der Waals surface area contributed by atoms with E-state index in [0.29, 0.717) is 12.5 Å². The molecule has 0 amide bonds. The Balaban J connectivity index is 1.97. The monoisotopic (exact) mass is 240 g/mol. The van der Waals surface area contributed by atoms with Crippen LogP contribution in [0.5, 0.6) is 0 Å². The van der Waals surface area contributed by atoms with Crippen molar-refractivity contribution in [2.45, 2.75) is 50.6 Å². The number of carboxylic acids is 1. The van der Waals surface area contributed by atoms with Crippen LogP contribution in [0, 0.1) is 0 Å². The van der Waals surface area contributed by atoms with Crippen LogP contribution in [-0.2, 0) is 4.79 Å². The van der Waals surface area contributed by atoms with Gasteiger partial charge in [0.2, 0.25) is 0 Å². The van der Waals surface area contributed by atoms with E-state index in [-0.39, 0.29) is 6.04 Å². The molecule has 0 bridgehead atoms. The lowest BCUT2D eigenvalue weighted by atomic mass is 9.94. The van der Waals surface area contributed by atoms with E-state index in [1.54, 1.807) is 0 Å². The number of likely N-dealkylation sites (N-methyl/N-ethyl adjacent to an activating group) is 1. The first kappa shape index (κ1) is 12.8. The molecule has 0 aromatic rings. The van der Waals surface area contributed by atoms with Gasteiger partial charge in [-0.25, -0.2) is 0 Å². The maximum absolute atomic E-state index is 10.9. The molecule has 0 aromatic carbocycles. The smallest absolute Gasteiger partial charge is 0.304 e. The van der Waals surface area contributed by atoms with Crippen molar-refractivity contribution in [3.05, 3.63) is 0 Å². The fraction of sp³-hybridized carbons (Fsp3) is 0.923. The summed E-state index contributed by atoms with van der Waals surface area (Å²) in [5, 5.41) is 9.00. The van der Waals surface area contributed by atoms with Gasteiger partial charge in [0.15, 0.2) is 0 Å². The first-order valence-electron chi connectivity index (χ1n) is 6.83. The lowest BCUT2D eigenvalue weighted by Gasteiger charge is -2.44. The Morgan fingerprint density at radius 2 is 2.06 bits per heavy atom. The zero-order chi connectivity index (χ0) is 12.3. The van der Waals surface area contributed by atoms with E-state index in [0.717, 1.165) is 19.5 Å². The van der Waals surface area contributed by atoms with Crippen molar-refractivity contribution in [2.75, 3.05) is 26.7 Å². The molecule has 98 valence electrons. The van der Waals surface area contributed by atoms with Gasteiger partial charge in [-0.05, 0) is 45.8 Å². The van der Waals surface area contributed by atoms with Gasteiger partial charge in [-0.2, -0.15) is 0 Å². The fourth-order valence-corrected chi connectivity index (χ4v) is 3.33. The van der Waals surface area contributed by atoms with Crippen LogP contribution in [0.3, 0.4) is 0 Å². The van der Waals surface area contributed by atoms with Crippen LogP contribution in [0.2, 0.25) is 0 Å². The Labute approximate surface area is 104 Å². The SMILES string of the molecule is CN1CCCC(N2CCCCC2CC(=O)O)C1. The number of likely N-dealkylation sites (tertiary alicyclic amines) is 2. The quantitative estimate of drug-likeness (QED) is 0.810. The van der Waals surface area contributed by atoms with Gasteiger partial charge >= 0.3 is 5.97 Å². The van der Waals surface area contributed by atoms with E-state index in [2.05, 4.69) is 16.8 Å². The summed E-state index contributed by atoms with van der Waals surface area (Å²) in [7, 11) is 2.17. The molecule has 0 spiro atoms. The number of hydrogen-bond donors (Lipinski definition) is 1. The molecule has 2 heterocycles. The molecule has 2 rings (SSSR count). The van der Waals surface area contributed by atoms with Crippen molar-refractivity contribution >= 4 is 5.97 Å². The first-order chi connectivity index (χ1) is 8.16. The number of rotatable bonds is 3. The fourth-order valence-electron chi connectivity index (χ4n) is 3.33. The first-order valence-corrected chi connectivity index (χ1v) is 6.83. The zero-order valence-electron chi connectivity index (χ0n) is 10.8. The molecule has 0 aliphatic carbocycles. The molecule has 2 saturated heterocycles. The van der Waals surface area contributed by atoms with E-state index < -0.39 is 5.97 Å². The van der Waals surface area contributed by atoms with Crippen molar-refractivity contribution < 1.29 is 9.90 Å². The zero-order valence-corrected chi connectivity index (χ0v) is 10.8. The molecule has 4 heteroatoms. The average molecular weight is 240 g/mol. The number of hydrogen-bond acceptors (Lipinski definition) is 3. The lowest BCUT2D eigenvalue weighted by Crippen LogP contribution is -2.53. The maximum atomic E-state index is 10.9. The predicted molar refractivity (Wildman–Crippen MR) is 67.1 cm³/mol. The van der Waals surface area contributed by atoms with E-state index in [1.165, 1.54) is 32.2 Å². The van der Waals surface area contributed by atoms with E-state index in [9.17, 15) is 4.79 Å². The molecular formula is C13H24N2O2. The van der Waals surface area contributed by atoms with Gasteiger partial charge in [-0.1, -0.05) is 6.42 Å². The van der Waals surface area contributed by atoms with E-state index in [1.807, 2.05) is 0 Å². The minimum Gasteiger partial charge on any atom is -0.481 e. The lowest BCUT2D eigenvalue weighted by molar-refractivity contribution is -0.139. The van der Waals surface area contributed by atoms with Gasteiger partial charge in [0.1, 0.15) is 0 Å². The van der Waals surface area contributed by atoms with Crippen molar-refractivity contribution in [3.8, 4) is 0 Å². The second-order valence-electron chi connectivity index (χ2n) is 5.54. The molecular weight excluding hydrogens is 216 g/mol. The van der Waals surface area contributed by atoms with Gasteiger partial charge in [0.05, 0.1) is 6.42 Å². The van der Waals surface area contributed by atoms with Gasteiger partial charge in [-0.3, -0.25) is 9.69 Å². The van der Waals surface area contributed by atoms with Crippen molar-refractivity contribution in [1.29, 1.82) is 0 Å². The van der Waals surface area contributed by atoms with Crippen LogP contribution < -0.4 is 0 Å². The van der Waals surface area contributed by atoms with Crippen LogP contribution in [0.25, 0.3) is 0 Å². The normalized spacial score (nSPS) is 32.5. The van der Waals surface area contributed by atoms with Crippen LogP contribution in [0.15, 0.2) is 0 Å². The highest BCUT2D eigenvalue weighted by Crippen LogP contribution is 2.26. The second kappa shape index (κ2) is 5.83. The highest BCUT2D eigenvalue weighted by Gasteiger charge is 2.31. The van der Waals surface area contributed by atoms with Crippen molar-refractivity contribution in [2.24, 2.45) is 0 Å². The molecule has 2 unspecified atom stereocenters. The molecule has 0 aromatic heterocycles. The number of piperidine rings is 2. The second-order valence-corrected chi connectivity index (χ2v) is 5.54. The molecule has 2 fully saturated rings. The summed E-state index contributed by atoms with van der Waals surface area (Å²) < 4.78 is 0. The average Bonchev–Trinajstić information content (AvgIpc) is 2.29. The van der Waals surface area contributed by atoms with Crippen molar-refractivity contribution in [1.82, 2.24) is 9.80 Å². The highest BCUT2D eigenvalue weighted by atomic mass is 16.4. The van der Waals surface area contributed by atoms with Crippen LogP contribution >= 0.6 is 0 Å². The Hall–Kier alpha value is -0.610. The van der Waals surface area contributed by atoms with E-state index in [4.69, 9.17) is 5.11 Å². The summed E-state index contributed by atoms with van der Waals surface area (Å²) >= 11 is 0. The molecule has 17 heavy (non-hydrogen) atoms. The summed E-state index contributed by atoms with van der Waals surface area (Å²) in [4.78, 5) is 15.8. The standard InChI is InChI=1S/C13H24N2O2/c1-14-7-4-6-12(10-14)15-8-3-2-5-11(15)9-13(16)17/h11-12H,2-10H2,1H3,(H,16,17). The van der Waals surface area contributed by atoms with Gasteiger partial charge in [0, 0.05) is 18.6 Å². The van der Waals surface area contributed by atoms with Crippen LogP contribution in [-0.4, -0.2) is 59.6 Å². The third-order valence-corrected chi connectivity index (χ3v) is 4.15. The summed E-state index contributed by atoms with van der Waals surface area (Å²) in [6.45, 7) is 3.39. The predicted octanol–water partition coefficient (Wildman–Crippen LogP) is 1.41. The summed E-state index contributed by atoms with van der Waals surface area (Å²) in [5.41, 5.74) is 0. The molecule has 0 saturated carbocycles. The molecule has 1 N–H and O–H groups in total. The third-order valence-electron chi connectivity index (χ3n) is 4.15. The number of nitrogens with zero attached hydrogens (tertiary/aromatic N) is 2. The van der Waals surface area contributed by atoms with Crippen molar-refractivity contribution in [3.63, 3.8) is 0 Å². The Bertz CT molecular complexity index is 270. The summed E-state index contributed by atoms with van der Waals surface area (Å²) in [5.74, 6) is -0.647. The van der Waals surface area contributed by atoms with Gasteiger partial charge < -0.3 is 10.0 Å². The van der Waals surface area contributed by atoms with Gasteiger partial charge in [0.25, 0.3) is 0 Å². The molecule has 2 atom stereocenters. The van der Waals surface area contributed by atoms with Gasteiger partial charge in [-0.15, -0.1) is 0 Å². The summed E-state index contributed by atoms with van der Waals surface area (Å²) in [6.07, 6.45) is 6.29. The highest BCUT2D eigenvalue weighted by molar-refractivity contribution is 5.67. The molecule has 2 aliphatic rings.